The second kappa shape index (κ2) is 5.09. The average molecular weight is 283 g/mol. The molecule has 0 spiro atoms. The van der Waals surface area contributed by atoms with E-state index in [9.17, 15) is 0 Å². The summed E-state index contributed by atoms with van der Waals surface area (Å²) >= 11 is 5.95. The Morgan fingerprint density at radius 1 is 1.21 bits per heavy atom. The SMILES string of the molecule is CN(C)c1nc(Cl)nc(NC2CN3CCC2CC3)n1. The molecule has 0 radical (unpaired) electrons. The molecule has 7 heteroatoms. The summed E-state index contributed by atoms with van der Waals surface area (Å²) < 4.78 is 0. The summed E-state index contributed by atoms with van der Waals surface area (Å²) in [6.07, 6.45) is 2.52. The number of nitrogens with zero attached hydrogens (tertiary/aromatic N) is 5. The van der Waals surface area contributed by atoms with Gasteiger partial charge < -0.3 is 15.1 Å². The zero-order chi connectivity index (χ0) is 13.4. The molecule has 1 aromatic heterocycles. The lowest BCUT2D eigenvalue weighted by molar-refractivity contribution is 0.0972. The van der Waals surface area contributed by atoms with Crippen LogP contribution >= 0.6 is 11.6 Å². The summed E-state index contributed by atoms with van der Waals surface area (Å²) in [6.45, 7) is 3.53. The van der Waals surface area contributed by atoms with Crippen LogP contribution in [0.1, 0.15) is 12.8 Å². The first-order valence-electron chi connectivity index (χ1n) is 6.69. The lowest BCUT2D eigenvalue weighted by Gasteiger charge is -2.44. The molecule has 3 fully saturated rings. The van der Waals surface area contributed by atoms with Crippen LogP contribution in [-0.2, 0) is 0 Å². The van der Waals surface area contributed by atoms with E-state index in [0.29, 0.717) is 17.9 Å². The van der Waals surface area contributed by atoms with Crippen molar-refractivity contribution in [2.24, 2.45) is 5.92 Å². The third kappa shape index (κ3) is 2.74. The van der Waals surface area contributed by atoms with Crippen molar-refractivity contribution in [3.63, 3.8) is 0 Å². The molecule has 4 heterocycles. The Morgan fingerprint density at radius 3 is 2.53 bits per heavy atom. The van der Waals surface area contributed by atoms with Crippen LogP contribution in [0.2, 0.25) is 5.28 Å². The first-order chi connectivity index (χ1) is 9.11. The number of halogens is 1. The van der Waals surface area contributed by atoms with E-state index in [2.05, 4.69) is 25.2 Å². The van der Waals surface area contributed by atoms with E-state index in [1.165, 1.54) is 25.9 Å². The third-order valence-corrected chi connectivity index (χ3v) is 4.14. The van der Waals surface area contributed by atoms with Gasteiger partial charge in [0.1, 0.15) is 0 Å². The monoisotopic (exact) mass is 282 g/mol. The number of nitrogens with one attached hydrogen (secondary N) is 1. The van der Waals surface area contributed by atoms with Crippen LogP contribution in [0.15, 0.2) is 0 Å². The summed E-state index contributed by atoms with van der Waals surface area (Å²) in [4.78, 5) is 17.0. The fourth-order valence-corrected chi connectivity index (χ4v) is 3.05. The summed E-state index contributed by atoms with van der Waals surface area (Å²) in [5.41, 5.74) is 0. The van der Waals surface area contributed by atoms with Crippen LogP contribution in [0.3, 0.4) is 0 Å². The fourth-order valence-electron chi connectivity index (χ4n) is 2.90. The average Bonchev–Trinajstić information content (AvgIpc) is 2.39. The molecule has 6 nitrogen and oxygen atoms in total. The van der Waals surface area contributed by atoms with E-state index in [1.807, 2.05) is 19.0 Å². The van der Waals surface area contributed by atoms with Crippen molar-refractivity contribution in [1.82, 2.24) is 19.9 Å². The highest BCUT2D eigenvalue weighted by Crippen LogP contribution is 2.29. The van der Waals surface area contributed by atoms with Gasteiger partial charge in [-0.25, -0.2) is 0 Å². The van der Waals surface area contributed by atoms with Crippen LogP contribution in [0.5, 0.6) is 0 Å². The van der Waals surface area contributed by atoms with Gasteiger partial charge in [0, 0.05) is 26.7 Å². The molecule has 1 unspecified atom stereocenters. The molecule has 19 heavy (non-hydrogen) atoms. The van der Waals surface area contributed by atoms with Gasteiger partial charge >= 0.3 is 0 Å². The maximum atomic E-state index is 5.95. The maximum absolute atomic E-state index is 5.95. The van der Waals surface area contributed by atoms with E-state index in [1.54, 1.807) is 0 Å². The number of hydrogen-bond acceptors (Lipinski definition) is 6. The molecule has 1 aromatic rings. The van der Waals surface area contributed by atoms with Gasteiger partial charge in [-0.2, -0.15) is 15.0 Å². The molecule has 4 rings (SSSR count). The van der Waals surface area contributed by atoms with Crippen molar-refractivity contribution in [3.05, 3.63) is 5.28 Å². The minimum atomic E-state index is 0.238. The van der Waals surface area contributed by atoms with Gasteiger partial charge in [-0.15, -0.1) is 0 Å². The highest BCUT2D eigenvalue weighted by molar-refractivity contribution is 6.28. The number of fused-ring (bicyclic) bond motifs is 3. The normalized spacial score (nSPS) is 29.3. The number of aromatic nitrogens is 3. The molecular formula is C12H19ClN6. The molecule has 1 N–H and O–H groups in total. The summed E-state index contributed by atoms with van der Waals surface area (Å²) in [6, 6.07) is 0.427. The number of piperidine rings is 3. The second-order valence-electron chi connectivity index (χ2n) is 5.51. The third-order valence-electron chi connectivity index (χ3n) is 3.97. The molecule has 104 valence electrons. The fraction of sp³-hybridized carbons (Fsp3) is 0.750. The molecule has 0 saturated carbocycles. The lowest BCUT2D eigenvalue weighted by Crippen LogP contribution is -2.53. The van der Waals surface area contributed by atoms with Crippen LogP contribution in [-0.4, -0.2) is 59.6 Å². The van der Waals surface area contributed by atoms with Gasteiger partial charge in [0.2, 0.25) is 17.2 Å². The van der Waals surface area contributed by atoms with Crippen molar-refractivity contribution in [2.45, 2.75) is 18.9 Å². The molecule has 3 saturated heterocycles. The molecule has 3 aliphatic rings. The minimum absolute atomic E-state index is 0.238. The van der Waals surface area contributed by atoms with Crippen LogP contribution in [0.25, 0.3) is 0 Å². The van der Waals surface area contributed by atoms with Crippen molar-refractivity contribution < 1.29 is 0 Å². The van der Waals surface area contributed by atoms with Crippen molar-refractivity contribution in [1.29, 1.82) is 0 Å². The summed E-state index contributed by atoms with van der Waals surface area (Å²) in [5.74, 6) is 1.90. The Labute approximate surface area is 118 Å². The van der Waals surface area contributed by atoms with Crippen LogP contribution in [0, 0.1) is 5.92 Å². The number of rotatable bonds is 3. The largest absolute Gasteiger partial charge is 0.350 e. The molecule has 0 aliphatic carbocycles. The topological polar surface area (TPSA) is 57.2 Å². The molecule has 0 amide bonds. The smallest absolute Gasteiger partial charge is 0.230 e. The van der Waals surface area contributed by atoms with E-state index >= 15 is 0 Å². The Kier molecular flexibility index (Phi) is 3.45. The minimum Gasteiger partial charge on any atom is -0.350 e. The molecule has 2 bridgehead atoms. The van der Waals surface area contributed by atoms with E-state index in [4.69, 9.17) is 11.6 Å². The number of anilines is 2. The first-order valence-corrected chi connectivity index (χ1v) is 7.07. The first kappa shape index (κ1) is 12.9. The van der Waals surface area contributed by atoms with Gasteiger partial charge in [0.05, 0.1) is 0 Å². The molecule has 1 atom stereocenters. The van der Waals surface area contributed by atoms with E-state index in [-0.39, 0.29) is 5.28 Å². The van der Waals surface area contributed by atoms with Crippen molar-refractivity contribution >= 4 is 23.5 Å². The Balaban J connectivity index is 1.76. The Hall–Kier alpha value is -1.14. The summed E-state index contributed by atoms with van der Waals surface area (Å²) in [7, 11) is 3.79. The maximum Gasteiger partial charge on any atom is 0.230 e. The highest BCUT2D eigenvalue weighted by atomic mass is 35.5. The molecule has 0 aromatic carbocycles. The standard InChI is InChI=1S/C12H19ClN6/c1-18(2)12-16-10(13)15-11(17-12)14-9-7-19-5-3-8(9)4-6-19/h8-9H,3-7H2,1-2H3,(H,14,15,16,17). The zero-order valence-corrected chi connectivity index (χ0v) is 12.1. The Morgan fingerprint density at radius 2 is 1.95 bits per heavy atom. The predicted octanol–water partition coefficient (Wildman–Crippen LogP) is 1.10. The zero-order valence-electron chi connectivity index (χ0n) is 11.3. The molecular weight excluding hydrogens is 264 g/mol. The lowest BCUT2D eigenvalue weighted by atomic mass is 9.84. The second-order valence-corrected chi connectivity index (χ2v) is 5.85. The highest BCUT2D eigenvalue weighted by Gasteiger charge is 2.34. The van der Waals surface area contributed by atoms with Crippen LogP contribution in [0.4, 0.5) is 11.9 Å². The molecule has 3 aliphatic heterocycles. The van der Waals surface area contributed by atoms with Gasteiger partial charge in [-0.1, -0.05) is 0 Å². The van der Waals surface area contributed by atoms with Crippen LogP contribution < -0.4 is 10.2 Å². The Bertz CT molecular complexity index is 458. The van der Waals surface area contributed by atoms with Crippen molar-refractivity contribution in [2.75, 3.05) is 43.9 Å². The predicted molar refractivity (Wildman–Crippen MR) is 75.7 cm³/mol. The quantitative estimate of drug-likeness (QED) is 0.896. The van der Waals surface area contributed by atoms with Gasteiger partial charge in [0.25, 0.3) is 0 Å². The van der Waals surface area contributed by atoms with E-state index < -0.39 is 0 Å². The number of hydrogen-bond donors (Lipinski definition) is 1. The van der Waals surface area contributed by atoms with Gasteiger partial charge in [0.15, 0.2) is 0 Å². The van der Waals surface area contributed by atoms with E-state index in [0.717, 1.165) is 12.5 Å². The van der Waals surface area contributed by atoms with Gasteiger partial charge in [-0.05, 0) is 43.5 Å². The van der Waals surface area contributed by atoms with Gasteiger partial charge in [-0.3, -0.25) is 0 Å². The van der Waals surface area contributed by atoms with Crippen molar-refractivity contribution in [3.8, 4) is 0 Å². The summed E-state index contributed by atoms with van der Waals surface area (Å²) in [5, 5.41) is 3.67.